The first-order valence-corrected chi connectivity index (χ1v) is 19.6. The summed E-state index contributed by atoms with van der Waals surface area (Å²) in [5, 5.41) is 0. The van der Waals surface area contributed by atoms with Gasteiger partial charge in [0.25, 0.3) is 0 Å². The minimum Gasteiger partial charge on any atom is -0.411 e. The summed E-state index contributed by atoms with van der Waals surface area (Å²) in [6, 6.07) is 17.8. The Morgan fingerprint density at radius 2 is 0.941 bits per heavy atom. The van der Waals surface area contributed by atoms with Crippen LogP contribution in [0.3, 0.4) is 0 Å². The summed E-state index contributed by atoms with van der Waals surface area (Å²) in [5.74, 6) is 0. The minimum absolute atomic E-state index is 0.270. The number of thiophene rings is 2. The topological polar surface area (TPSA) is 18.5 Å². The molecule has 0 atom stereocenters. The molecular weight excluding hydrogens is 489 g/mol. The van der Waals surface area contributed by atoms with E-state index in [1.807, 2.05) is 22.7 Å². The fourth-order valence-electron chi connectivity index (χ4n) is 3.85. The van der Waals surface area contributed by atoms with E-state index in [0.717, 1.165) is 0 Å². The maximum Gasteiger partial charge on any atom is 0.211 e. The Morgan fingerprint density at radius 1 is 0.588 bits per heavy atom. The highest BCUT2D eigenvalue weighted by Gasteiger charge is 2.20. The van der Waals surface area contributed by atoms with Crippen molar-refractivity contribution in [1.82, 2.24) is 0 Å². The maximum absolute atomic E-state index is 6.10. The number of rotatable bonds is 10. The molecule has 1 aromatic carbocycles. The van der Waals surface area contributed by atoms with Gasteiger partial charge in [0, 0.05) is 31.7 Å². The molecule has 0 unspecified atom stereocenters. The zero-order valence-electron chi connectivity index (χ0n) is 21.7. The third-order valence-corrected chi connectivity index (χ3v) is 11.4. The normalized spacial score (nSPS) is 13.2. The average molecular weight is 527 g/mol. The van der Waals surface area contributed by atoms with E-state index in [2.05, 4.69) is 126 Å². The van der Waals surface area contributed by atoms with E-state index < -0.39 is 16.6 Å². The lowest BCUT2D eigenvalue weighted by Gasteiger charge is -2.21. The summed E-state index contributed by atoms with van der Waals surface area (Å²) in [5.41, 5.74) is 7.09. The van der Waals surface area contributed by atoms with Gasteiger partial charge >= 0.3 is 0 Å². The Hall–Kier alpha value is -1.55. The highest BCUT2D eigenvalue weighted by molar-refractivity contribution is 7.16. The third kappa shape index (κ3) is 8.29. The summed E-state index contributed by atoms with van der Waals surface area (Å²) >= 11 is 3.66. The largest absolute Gasteiger partial charge is 0.411 e. The molecule has 0 amide bonds. The molecule has 3 aromatic rings. The molecule has 0 saturated carbocycles. The zero-order valence-corrected chi connectivity index (χ0v) is 25.3. The predicted molar refractivity (Wildman–Crippen MR) is 159 cm³/mol. The van der Waals surface area contributed by atoms with Crippen molar-refractivity contribution in [2.75, 3.05) is 0 Å². The number of hydrogen-bond donors (Lipinski definition) is 0. The molecule has 3 rings (SSSR count). The lowest BCUT2D eigenvalue weighted by molar-refractivity contribution is 0.237. The maximum atomic E-state index is 6.10. The van der Waals surface area contributed by atoms with E-state index >= 15 is 0 Å². The van der Waals surface area contributed by atoms with Crippen molar-refractivity contribution in [3.05, 3.63) is 69.7 Å². The Bertz CT molecular complexity index is 1030. The van der Waals surface area contributed by atoms with Crippen molar-refractivity contribution in [1.29, 1.82) is 0 Å². The van der Waals surface area contributed by atoms with Gasteiger partial charge in [0.05, 0.1) is 0 Å². The average Bonchev–Trinajstić information content (AvgIpc) is 3.39. The van der Waals surface area contributed by atoms with Crippen LogP contribution in [0.4, 0.5) is 0 Å². The Morgan fingerprint density at radius 3 is 1.26 bits per heavy atom. The molecule has 34 heavy (non-hydrogen) atoms. The monoisotopic (exact) mass is 526 g/mol. The van der Waals surface area contributed by atoms with Crippen LogP contribution in [0.2, 0.25) is 26.2 Å². The molecule has 0 saturated heterocycles. The van der Waals surface area contributed by atoms with Crippen molar-refractivity contribution in [3.8, 4) is 20.9 Å². The molecular formula is C28H38O2S2Si2. The highest BCUT2D eigenvalue weighted by atomic mass is 32.1. The van der Waals surface area contributed by atoms with Crippen molar-refractivity contribution in [2.45, 2.75) is 66.1 Å². The first kappa shape index (κ1) is 27.0. The van der Waals surface area contributed by atoms with Crippen LogP contribution in [0, 0.1) is 0 Å². The van der Waals surface area contributed by atoms with Crippen LogP contribution in [0.1, 0.15) is 37.4 Å². The molecule has 0 spiro atoms. The summed E-state index contributed by atoms with van der Waals surface area (Å²) in [6.45, 7) is 17.4. The van der Waals surface area contributed by atoms with Crippen molar-refractivity contribution in [2.24, 2.45) is 0 Å². The summed E-state index contributed by atoms with van der Waals surface area (Å²) in [4.78, 5) is 5.13. The minimum atomic E-state index is -1.77. The molecule has 0 fully saturated rings. The van der Waals surface area contributed by atoms with Gasteiger partial charge in [0.15, 0.2) is 0 Å². The van der Waals surface area contributed by atoms with Crippen LogP contribution >= 0.6 is 22.7 Å². The smallest absolute Gasteiger partial charge is 0.211 e. The molecule has 0 bridgehead atoms. The van der Waals surface area contributed by atoms with Crippen molar-refractivity contribution >= 4 is 51.5 Å². The van der Waals surface area contributed by atoms with Gasteiger partial charge in [-0.25, -0.2) is 0 Å². The molecule has 0 aliphatic carbocycles. The lowest BCUT2D eigenvalue weighted by Crippen LogP contribution is -2.31. The first-order valence-electron chi connectivity index (χ1n) is 12.0. The van der Waals surface area contributed by atoms with E-state index in [4.69, 9.17) is 8.85 Å². The van der Waals surface area contributed by atoms with Gasteiger partial charge in [0.1, 0.15) is 0 Å². The van der Waals surface area contributed by atoms with Gasteiger partial charge in [-0.2, -0.15) is 0 Å². The molecule has 0 aliphatic heterocycles. The van der Waals surface area contributed by atoms with Crippen LogP contribution in [0.25, 0.3) is 33.0 Å². The van der Waals surface area contributed by atoms with Crippen molar-refractivity contribution in [3.63, 3.8) is 0 Å². The Labute approximate surface area is 216 Å². The van der Waals surface area contributed by atoms with Gasteiger partial charge in [-0.1, -0.05) is 47.8 Å². The van der Waals surface area contributed by atoms with Crippen LogP contribution in [-0.4, -0.2) is 28.8 Å². The second-order valence-electron chi connectivity index (χ2n) is 10.2. The Balaban J connectivity index is 1.67. The Kier molecular flexibility index (Phi) is 9.12. The van der Waals surface area contributed by atoms with Crippen LogP contribution in [0.15, 0.2) is 59.9 Å². The molecule has 2 heterocycles. The van der Waals surface area contributed by atoms with Gasteiger partial charge in [-0.15, -0.1) is 22.7 Å². The third-order valence-electron chi connectivity index (χ3n) is 5.08. The standard InChI is InChI=1S/C28H38O2S2Si2/c1-21(2)29-33(5,6)19-17-25-13-15-27(31-25)23-9-11-24(12-10-23)28-16-14-26(32-28)18-20-34(7,8)30-22(3)4/h9-22H,1-8H3/b19-17+,20-18+. The SMILES string of the molecule is CC(C)O[Si](C)(C)/C=C/c1ccc(-c2ccc(-c3ccc(/C=C/[Si](C)(C)OC(C)C)s3)cc2)s1. The molecule has 2 aromatic heterocycles. The zero-order chi connectivity index (χ0) is 24.9. The molecule has 6 heteroatoms. The summed E-state index contributed by atoms with van der Waals surface area (Å²) in [6.07, 6.45) is 5.00. The highest BCUT2D eigenvalue weighted by Crippen LogP contribution is 2.33. The molecule has 2 nitrogen and oxygen atoms in total. The van der Waals surface area contributed by atoms with Gasteiger partial charge in [0.2, 0.25) is 16.6 Å². The number of hydrogen-bond acceptors (Lipinski definition) is 4. The van der Waals surface area contributed by atoms with Gasteiger partial charge in [-0.3, -0.25) is 0 Å². The predicted octanol–water partition coefficient (Wildman–Crippen LogP) is 9.51. The molecule has 0 N–H and O–H groups in total. The van der Waals surface area contributed by atoms with Crippen LogP contribution in [-0.2, 0) is 8.85 Å². The molecule has 0 radical (unpaired) electrons. The van der Waals surface area contributed by atoms with E-state index in [0.29, 0.717) is 0 Å². The van der Waals surface area contributed by atoms with Gasteiger partial charge in [-0.05, 0) is 89.3 Å². The first-order chi connectivity index (χ1) is 15.9. The van der Waals surface area contributed by atoms with E-state index in [1.54, 1.807) is 0 Å². The molecule has 182 valence electrons. The van der Waals surface area contributed by atoms with Crippen molar-refractivity contribution < 1.29 is 8.85 Å². The van der Waals surface area contributed by atoms with E-state index in [1.165, 1.54) is 30.6 Å². The van der Waals surface area contributed by atoms with Crippen LogP contribution in [0.5, 0.6) is 0 Å². The number of benzene rings is 1. The second-order valence-corrected chi connectivity index (χ2v) is 20.0. The summed E-state index contributed by atoms with van der Waals surface area (Å²) in [7, 11) is -3.54. The van der Waals surface area contributed by atoms with E-state index in [-0.39, 0.29) is 12.2 Å². The fraction of sp³-hybridized carbons (Fsp3) is 0.357. The lowest BCUT2D eigenvalue weighted by atomic mass is 10.1. The van der Waals surface area contributed by atoms with Gasteiger partial charge < -0.3 is 8.85 Å². The van der Waals surface area contributed by atoms with E-state index in [9.17, 15) is 0 Å². The van der Waals surface area contributed by atoms with Crippen LogP contribution < -0.4 is 0 Å². The summed E-state index contributed by atoms with van der Waals surface area (Å²) < 4.78 is 12.2. The fourth-order valence-corrected chi connectivity index (χ4v) is 9.68. The second kappa shape index (κ2) is 11.5. The molecule has 0 aliphatic rings. The quantitative estimate of drug-likeness (QED) is 0.245.